The fraction of sp³-hybridized carbons (Fsp3) is 0.200. The van der Waals surface area contributed by atoms with Crippen LogP contribution >= 0.6 is 11.6 Å². The van der Waals surface area contributed by atoms with E-state index in [1.807, 2.05) is 0 Å². The van der Waals surface area contributed by atoms with Gasteiger partial charge in [0.25, 0.3) is 5.69 Å². The van der Waals surface area contributed by atoms with Crippen molar-refractivity contribution in [2.45, 2.75) is 12.3 Å². The van der Waals surface area contributed by atoms with Crippen molar-refractivity contribution in [1.29, 1.82) is 0 Å². The Balaban J connectivity index is 2.17. The van der Waals surface area contributed by atoms with E-state index >= 15 is 0 Å². The van der Waals surface area contributed by atoms with Crippen LogP contribution in [0.3, 0.4) is 0 Å². The second-order valence-corrected chi connectivity index (χ2v) is 5.37. The second kappa shape index (κ2) is 7.06. The van der Waals surface area contributed by atoms with Gasteiger partial charge in [-0.25, -0.2) is 0 Å². The molecule has 0 radical (unpaired) electrons. The number of hydrogen-bond donors (Lipinski definition) is 2. The van der Waals surface area contributed by atoms with Gasteiger partial charge in [0.2, 0.25) is 0 Å². The highest BCUT2D eigenvalue weighted by atomic mass is 35.5. The molecule has 1 unspecified atom stereocenters. The molecule has 1 atom stereocenters. The summed E-state index contributed by atoms with van der Waals surface area (Å²) in [5, 5.41) is 24.1. The van der Waals surface area contributed by atoms with Crippen molar-refractivity contribution in [2.24, 2.45) is 0 Å². The van der Waals surface area contributed by atoms with E-state index in [4.69, 9.17) is 11.6 Å². The average Bonchev–Trinajstić information content (AvgIpc) is 2.52. The van der Waals surface area contributed by atoms with Crippen LogP contribution < -0.4 is 5.32 Å². The van der Waals surface area contributed by atoms with Crippen LogP contribution in [0.5, 0.6) is 0 Å². The molecule has 2 aromatic carbocycles. The summed E-state index contributed by atoms with van der Waals surface area (Å²) in [6.45, 7) is -0.117. The van der Waals surface area contributed by atoms with E-state index in [0.29, 0.717) is 16.7 Å². The molecule has 0 fully saturated rings. The first-order chi connectivity index (χ1) is 11.2. The number of halogens is 4. The van der Waals surface area contributed by atoms with Crippen LogP contribution in [-0.4, -0.2) is 16.6 Å². The van der Waals surface area contributed by atoms with Gasteiger partial charge in [-0.15, -0.1) is 0 Å². The highest BCUT2D eigenvalue weighted by molar-refractivity contribution is 6.30. The summed E-state index contributed by atoms with van der Waals surface area (Å²) in [7, 11) is 0. The molecule has 0 aliphatic rings. The molecule has 5 nitrogen and oxygen atoms in total. The molecule has 0 aliphatic heterocycles. The lowest BCUT2D eigenvalue weighted by Crippen LogP contribution is -2.14. The molecule has 0 aliphatic carbocycles. The van der Waals surface area contributed by atoms with Crippen molar-refractivity contribution >= 4 is 23.0 Å². The molecule has 0 amide bonds. The number of nitro groups is 1. The molecular weight excluding hydrogens is 349 g/mol. The van der Waals surface area contributed by atoms with Gasteiger partial charge >= 0.3 is 6.18 Å². The molecule has 2 rings (SSSR count). The first kappa shape index (κ1) is 18.0. The summed E-state index contributed by atoms with van der Waals surface area (Å²) in [5.74, 6) is 0. The number of aliphatic hydroxyl groups is 1. The Kier molecular flexibility index (Phi) is 5.30. The number of nitrogens with one attached hydrogen (secondary N) is 1. The summed E-state index contributed by atoms with van der Waals surface area (Å²) in [6, 6.07) is 8.46. The molecule has 0 aromatic heterocycles. The zero-order valence-electron chi connectivity index (χ0n) is 12.0. The summed E-state index contributed by atoms with van der Waals surface area (Å²) in [4.78, 5) is 10.1. The minimum atomic E-state index is -4.67. The van der Waals surface area contributed by atoms with Crippen molar-refractivity contribution in [3.05, 3.63) is 68.7 Å². The minimum Gasteiger partial charge on any atom is -0.387 e. The Labute approximate surface area is 139 Å². The van der Waals surface area contributed by atoms with Gasteiger partial charge in [0.15, 0.2) is 0 Å². The summed E-state index contributed by atoms with van der Waals surface area (Å²) in [6.07, 6.45) is -5.68. The lowest BCUT2D eigenvalue weighted by atomic mass is 10.1. The van der Waals surface area contributed by atoms with Gasteiger partial charge in [-0.2, -0.15) is 13.2 Å². The van der Waals surface area contributed by atoms with E-state index in [2.05, 4.69) is 5.32 Å². The van der Waals surface area contributed by atoms with Crippen LogP contribution in [0.1, 0.15) is 17.2 Å². The standard InChI is InChI=1S/C15H12ClF3N2O3/c16-11-4-1-9(2-5-11)14(22)8-20-12-6-3-10(15(17,18)19)7-13(12)21(23)24/h1-7,14,20,22H,8H2. The molecule has 0 saturated carbocycles. The predicted molar refractivity (Wildman–Crippen MR) is 83.0 cm³/mol. The van der Waals surface area contributed by atoms with Gasteiger partial charge in [0.05, 0.1) is 16.6 Å². The van der Waals surface area contributed by atoms with Crippen molar-refractivity contribution in [1.82, 2.24) is 0 Å². The maximum atomic E-state index is 12.6. The topological polar surface area (TPSA) is 75.4 Å². The van der Waals surface area contributed by atoms with Gasteiger partial charge in [0.1, 0.15) is 5.69 Å². The number of anilines is 1. The zero-order chi connectivity index (χ0) is 17.9. The number of benzene rings is 2. The third-order valence-corrected chi connectivity index (χ3v) is 3.51. The van der Waals surface area contributed by atoms with Crippen LogP contribution in [0.2, 0.25) is 5.02 Å². The number of aliphatic hydroxyl groups excluding tert-OH is 1. The maximum absolute atomic E-state index is 12.6. The fourth-order valence-electron chi connectivity index (χ4n) is 2.02. The van der Waals surface area contributed by atoms with Crippen LogP contribution in [-0.2, 0) is 6.18 Å². The molecule has 9 heteroatoms. The van der Waals surface area contributed by atoms with Gasteiger partial charge in [-0.1, -0.05) is 23.7 Å². The van der Waals surface area contributed by atoms with E-state index in [1.54, 1.807) is 24.3 Å². The fourth-order valence-corrected chi connectivity index (χ4v) is 2.14. The van der Waals surface area contributed by atoms with Crippen molar-refractivity contribution in [3.8, 4) is 0 Å². The normalized spacial score (nSPS) is 12.7. The number of nitrogens with zero attached hydrogens (tertiary/aromatic N) is 1. The van der Waals surface area contributed by atoms with Crippen LogP contribution in [0.25, 0.3) is 0 Å². The number of nitro benzene ring substituents is 1. The Morgan fingerprint density at radius 3 is 2.38 bits per heavy atom. The highest BCUT2D eigenvalue weighted by Gasteiger charge is 2.33. The van der Waals surface area contributed by atoms with Gasteiger partial charge in [0, 0.05) is 17.6 Å². The molecule has 0 saturated heterocycles. The third kappa shape index (κ3) is 4.36. The minimum absolute atomic E-state index is 0.110. The molecule has 24 heavy (non-hydrogen) atoms. The van der Waals surface area contributed by atoms with E-state index in [9.17, 15) is 28.4 Å². The number of alkyl halides is 3. The lowest BCUT2D eigenvalue weighted by molar-refractivity contribution is -0.384. The highest BCUT2D eigenvalue weighted by Crippen LogP contribution is 2.35. The molecule has 0 heterocycles. The molecule has 2 aromatic rings. The Morgan fingerprint density at radius 1 is 1.21 bits per heavy atom. The third-order valence-electron chi connectivity index (χ3n) is 3.26. The van der Waals surface area contributed by atoms with E-state index in [1.165, 1.54) is 0 Å². The summed E-state index contributed by atoms with van der Waals surface area (Å²) >= 11 is 5.73. The number of hydrogen-bond acceptors (Lipinski definition) is 4. The van der Waals surface area contributed by atoms with Crippen LogP contribution in [0.4, 0.5) is 24.5 Å². The maximum Gasteiger partial charge on any atom is 0.416 e. The SMILES string of the molecule is O=[N+]([O-])c1cc(C(F)(F)F)ccc1NCC(O)c1ccc(Cl)cc1. The largest absolute Gasteiger partial charge is 0.416 e. The summed E-state index contributed by atoms with van der Waals surface area (Å²) < 4.78 is 37.9. The van der Waals surface area contributed by atoms with Gasteiger partial charge in [-0.05, 0) is 29.8 Å². The smallest absolute Gasteiger partial charge is 0.387 e. The van der Waals surface area contributed by atoms with Crippen molar-refractivity contribution < 1.29 is 23.2 Å². The second-order valence-electron chi connectivity index (χ2n) is 4.94. The van der Waals surface area contributed by atoms with Crippen LogP contribution in [0, 0.1) is 10.1 Å². The Hall–Kier alpha value is -2.32. The average molecular weight is 361 g/mol. The predicted octanol–water partition coefficient (Wildman–Crippen LogP) is 4.41. The van der Waals surface area contributed by atoms with E-state index in [-0.39, 0.29) is 12.2 Å². The molecule has 128 valence electrons. The van der Waals surface area contributed by atoms with Crippen LogP contribution in [0.15, 0.2) is 42.5 Å². The van der Waals surface area contributed by atoms with E-state index < -0.39 is 28.5 Å². The van der Waals surface area contributed by atoms with E-state index in [0.717, 1.165) is 12.1 Å². The molecule has 0 spiro atoms. The quantitative estimate of drug-likeness (QED) is 0.611. The zero-order valence-corrected chi connectivity index (χ0v) is 12.8. The molecule has 0 bridgehead atoms. The first-order valence-corrected chi connectivity index (χ1v) is 7.09. The Bertz CT molecular complexity index is 736. The lowest BCUT2D eigenvalue weighted by Gasteiger charge is -2.14. The van der Waals surface area contributed by atoms with Gasteiger partial charge < -0.3 is 10.4 Å². The van der Waals surface area contributed by atoms with Crippen molar-refractivity contribution in [2.75, 3.05) is 11.9 Å². The number of rotatable bonds is 5. The van der Waals surface area contributed by atoms with Gasteiger partial charge in [-0.3, -0.25) is 10.1 Å². The van der Waals surface area contributed by atoms with Crippen molar-refractivity contribution in [3.63, 3.8) is 0 Å². The molecule has 2 N–H and O–H groups in total. The molecular formula is C15H12ClF3N2O3. The summed E-state index contributed by atoms with van der Waals surface area (Å²) in [5.41, 5.74) is -1.42. The monoisotopic (exact) mass is 360 g/mol. The first-order valence-electron chi connectivity index (χ1n) is 6.71. The Morgan fingerprint density at radius 2 is 1.83 bits per heavy atom.